The van der Waals surface area contributed by atoms with Crippen molar-refractivity contribution in [2.24, 2.45) is 5.92 Å². The normalized spacial score (nSPS) is 12.1. The van der Waals surface area contributed by atoms with Gasteiger partial charge in [-0.1, -0.05) is 18.1 Å². The number of thiophene rings is 1. The zero-order valence-electron chi connectivity index (χ0n) is 10.8. The van der Waals surface area contributed by atoms with Crippen molar-refractivity contribution in [2.45, 2.75) is 13.3 Å². The number of aromatic nitrogens is 1. The maximum atomic E-state index is 11.8. The summed E-state index contributed by atoms with van der Waals surface area (Å²) >= 11 is 1.48. The van der Waals surface area contributed by atoms with Crippen LogP contribution in [0, 0.1) is 5.92 Å². The molecular formula is C13H14N2O4S. The van der Waals surface area contributed by atoms with E-state index in [9.17, 15) is 9.59 Å². The summed E-state index contributed by atoms with van der Waals surface area (Å²) in [7, 11) is 0. The second kappa shape index (κ2) is 6.33. The number of carbonyl (C=O) groups excluding carboxylic acids is 1. The minimum absolute atomic E-state index is 0.0753. The molecule has 0 aliphatic heterocycles. The number of hydrogen-bond acceptors (Lipinski definition) is 5. The Morgan fingerprint density at radius 3 is 2.95 bits per heavy atom. The lowest BCUT2D eigenvalue weighted by Crippen LogP contribution is -2.32. The van der Waals surface area contributed by atoms with Gasteiger partial charge in [0.2, 0.25) is 0 Å². The molecule has 0 aliphatic rings. The molecule has 0 saturated carbocycles. The first-order chi connectivity index (χ1) is 9.61. The summed E-state index contributed by atoms with van der Waals surface area (Å²) < 4.78 is 5.09. The van der Waals surface area contributed by atoms with Gasteiger partial charge in [0.05, 0.1) is 10.8 Å². The number of amides is 1. The molecule has 2 aromatic heterocycles. The van der Waals surface area contributed by atoms with E-state index in [-0.39, 0.29) is 12.2 Å². The van der Waals surface area contributed by atoms with Crippen LogP contribution in [0.3, 0.4) is 0 Å². The Labute approximate surface area is 119 Å². The molecule has 20 heavy (non-hydrogen) atoms. The van der Waals surface area contributed by atoms with Crippen LogP contribution in [-0.4, -0.2) is 28.7 Å². The third kappa shape index (κ3) is 3.24. The van der Waals surface area contributed by atoms with Gasteiger partial charge in [-0.2, -0.15) is 0 Å². The van der Waals surface area contributed by atoms with Crippen molar-refractivity contribution in [1.82, 2.24) is 10.5 Å². The molecule has 7 heteroatoms. The summed E-state index contributed by atoms with van der Waals surface area (Å²) in [5, 5.41) is 17.0. The Morgan fingerprint density at radius 1 is 1.55 bits per heavy atom. The number of rotatable bonds is 6. The van der Waals surface area contributed by atoms with Gasteiger partial charge in [0.15, 0.2) is 11.5 Å². The van der Waals surface area contributed by atoms with Crippen molar-refractivity contribution < 1.29 is 19.2 Å². The van der Waals surface area contributed by atoms with E-state index in [1.54, 1.807) is 13.0 Å². The van der Waals surface area contributed by atoms with Crippen LogP contribution in [0.25, 0.3) is 10.6 Å². The summed E-state index contributed by atoms with van der Waals surface area (Å²) in [6.45, 7) is 1.84. The smallest absolute Gasteiger partial charge is 0.308 e. The van der Waals surface area contributed by atoms with Crippen molar-refractivity contribution in [3.63, 3.8) is 0 Å². The Hall–Kier alpha value is -2.15. The van der Waals surface area contributed by atoms with Gasteiger partial charge in [0, 0.05) is 12.6 Å². The number of nitrogens with one attached hydrogen (secondary N) is 1. The van der Waals surface area contributed by atoms with E-state index in [1.165, 1.54) is 11.3 Å². The Kier molecular flexibility index (Phi) is 4.52. The van der Waals surface area contributed by atoms with Gasteiger partial charge in [-0.25, -0.2) is 0 Å². The Balaban J connectivity index is 1.98. The Morgan fingerprint density at radius 2 is 2.35 bits per heavy atom. The topological polar surface area (TPSA) is 92.4 Å². The van der Waals surface area contributed by atoms with Crippen LogP contribution < -0.4 is 5.32 Å². The van der Waals surface area contributed by atoms with Gasteiger partial charge in [0.1, 0.15) is 0 Å². The number of carboxylic acids is 1. The Bertz CT molecular complexity index is 591. The minimum atomic E-state index is -0.924. The molecule has 0 bridgehead atoms. The molecule has 2 aromatic rings. The number of aliphatic carboxylic acids is 1. The number of nitrogens with zero attached hydrogens (tertiary/aromatic N) is 1. The molecule has 1 atom stereocenters. The van der Waals surface area contributed by atoms with Crippen molar-refractivity contribution in [3.8, 4) is 10.6 Å². The van der Waals surface area contributed by atoms with Crippen molar-refractivity contribution in [3.05, 3.63) is 29.3 Å². The monoisotopic (exact) mass is 294 g/mol. The van der Waals surface area contributed by atoms with Crippen LogP contribution in [0.5, 0.6) is 0 Å². The number of hydrogen-bond donors (Lipinski definition) is 2. The first-order valence-corrected chi connectivity index (χ1v) is 7.01. The molecule has 0 spiro atoms. The molecule has 0 fully saturated rings. The lowest BCUT2D eigenvalue weighted by atomic mass is 10.1. The van der Waals surface area contributed by atoms with Crippen molar-refractivity contribution in [2.75, 3.05) is 6.54 Å². The second-order valence-corrected chi connectivity index (χ2v) is 5.15. The van der Waals surface area contributed by atoms with Gasteiger partial charge in [-0.05, 0) is 17.9 Å². The molecule has 1 unspecified atom stereocenters. The van der Waals surface area contributed by atoms with E-state index in [0.717, 1.165) is 4.88 Å². The van der Waals surface area contributed by atoms with Crippen molar-refractivity contribution >= 4 is 23.2 Å². The molecule has 2 N–H and O–H groups in total. The molecule has 2 rings (SSSR count). The van der Waals surface area contributed by atoms with Gasteiger partial charge < -0.3 is 14.9 Å². The first kappa shape index (κ1) is 14.3. The highest BCUT2D eigenvalue weighted by Crippen LogP contribution is 2.25. The minimum Gasteiger partial charge on any atom is -0.481 e. The number of carbonyl (C=O) groups is 2. The van der Waals surface area contributed by atoms with Gasteiger partial charge >= 0.3 is 5.97 Å². The SMILES string of the molecule is CCC(CNC(=O)c1cc(-c2cccs2)on1)C(=O)O. The molecular weight excluding hydrogens is 280 g/mol. The van der Waals surface area contributed by atoms with Gasteiger partial charge in [-0.3, -0.25) is 9.59 Å². The molecule has 0 aromatic carbocycles. The summed E-state index contributed by atoms with van der Waals surface area (Å²) in [4.78, 5) is 23.6. The highest BCUT2D eigenvalue weighted by molar-refractivity contribution is 7.13. The molecule has 2 heterocycles. The zero-order valence-corrected chi connectivity index (χ0v) is 11.6. The van der Waals surface area contributed by atoms with Gasteiger partial charge in [-0.15, -0.1) is 11.3 Å². The summed E-state index contributed by atoms with van der Waals surface area (Å²) in [6, 6.07) is 5.29. The van der Waals surface area contributed by atoms with E-state index in [0.29, 0.717) is 12.2 Å². The van der Waals surface area contributed by atoms with E-state index in [2.05, 4.69) is 10.5 Å². The molecule has 0 saturated heterocycles. The highest BCUT2D eigenvalue weighted by atomic mass is 32.1. The molecule has 0 radical (unpaired) electrons. The molecule has 6 nitrogen and oxygen atoms in total. The van der Waals surface area contributed by atoms with E-state index in [4.69, 9.17) is 9.63 Å². The van der Waals surface area contributed by atoms with Crippen LogP contribution in [0.15, 0.2) is 28.1 Å². The average molecular weight is 294 g/mol. The lowest BCUT2D eigenvalue weighted by Gasteiger charge is -2.09. The summed E-state index contributed by atoms with van der Waals surface area (Å²) in [6.07, 6.45) is 0.453. The maximum Gasteiger partial charge on any atom is 0.308 e. The lowest BCUT2D eigenvalue weighted by molar-refractivity contribution is -0.141. The zero-order chi connectivity index (χ0) is 14.5. The van der Waals surface area contributed by atoms with E-state index < -0.39 is 17.8 Å². The van der Waals surface area contributed by atoms with Gasteiger partial charge in [0.25, 0.3) is 5.91 Å². The van der Waals surface area contributed by atoms with Crippen LogP contribution in [0.1, 0.15) is 23.8 Å². The standard InChI is InChI=1S/C13H14N2O4S/c1-2-8(13(17)18)7-14-12(16)9-6-10(19-15-9)11-4-3-5-20-11/h3-6,8H,2,7H2,1H3,(H,14,16)(H,17,18). The fourth-order valence-electron chi connectivity index (χ4n) is 1.63. The summed E-state index contributed by atoms with van der Waals surface area (Å²) in [5.74, 6) is -1.43. The quantitative estimate of drug-likeness (QED) is 0.852. The maximum absolute atomic E-state index is 11.8. The predicted molar refractivity (Wildman–Crippen MR) is 73.6 cm³/mol. The van der Waals surface area contributed by atoms with Crippen LogP contribution in [0.4, 0.5) is 0 Å². The highest BCUT2D eigenvalue weighted by Gasteiger charge is 2.18. The van der Waals surface area contributed by atoms with E-state index >= 15 is 0 Å². The molecule has 1 amide bonds. The van der Waals surface area contributed by atoms with Crippen molar-refractivity contribution in [1.29, 1.82) is 0 Å². The van der Waals surface area contributed by atoms with Crippen LogP contribution in [-0.2, 0) is 4.79 Å². The first-order valence-electron chi connectivity index (χ1n) is 6.13. The predicted octanol–water partition coefficient (Wildman–Crippen LogP) is 2.24. The average Bonchev–Trinajstić information content (AvgIpc) is 3.09. The summed E-state index contributed by atoms with van der Waals surface area (Å²) in [5.41, 5.74) is 0.147. The largest absolute Gasteiger partial charge is 0.481 e. The number of carboxylic acid groups (broad SMARTS) is 1. The second-order valence-electron chi connectivity index (χ2n) is 4.21. The molecule has 0 aliphatic carbocycles. The fourth-order valence-corrected chi connectivity index (χ4v) is 2.30. The van der Waals surface area contributed by atoms with Crippen LogP contribution >= 0.6 is 11.3 Å². The van der Waals surface area contributed by atoms with Crippen LogP contribution in [0.2, 0.25) is 0 Å². The fraction of sp³-hybridized carbons (Fsp3) is 0.308. The molecule has 106 valence electrons. The third-order valence-electron chi connectivity index (χ3n) is 2.86. The third-order valence-corrected chi connectivity index (χ3v) is 3.74. The van der Waals surface area contributed by atoms with E-state index in [1.807, 2.05) is 17.5 Å².